The second kappa shape index (κ2) is 5.09. The number of carbonyl (C=O) groups excluding carboxylic acids is 2. The average Bonchev–Trinajstić information content (AvgIpc) is 3.00. The fourth-order valence-electron chi connectivity index (χ4n) is 3.25. The van der Waals surface area contributed by atoms with E-state index in [0.717, 1.165) is 0 Å². The van der Waals surface area contributed by atoms with Crippen molar-refractivity contribution in [3.63, 3.8) is 0 Å². The van der Waals surface area contributed by atoms with E-state index in [9.17, 15) is 9.59 Å². The molecule has 1 aliphatic heterocycles. The molecular weight excluding hydrogens is 252 g/mol. The fourth-order valence-corrected chi connectivity index (χ4v) is 3.25. The summed E-state index contributed by atoms with van der Waals surface area (Å²) < 4.78 is 21.0. The predicted octanol–water partition coefficient (Wildman–Crippen LogP) is 0.882. The van der Waals surface area contributed by atoms with Gasteiger partial charge in [0.15, 0.2) is 5.79 Å². The lowest BCUT2D eigenvalue weighted by Gasteiger charge is -2.39. The van der Waals surface area contributed by atoms with Gasteiger partial charge in [0, 0.05) is 12.8 Å². The summed E-state index contributed by atoms with van der Waals surface area (Å²) in [5, 5.41) is 0. The Morgan fingerprint density at radius 1 is 1.21 bits per heavy atom. The van der Waals surface area contributed by atoms with Crippen LogP contribution in [0.2, 0.25) is 0 Å². The average molecular weight is 272 g/mol. The highest BCUT2D eigenvalue weighted by atomic mass is 16.7. The number of rotatable bonds is 3. The molecule has 6 heteroatoms. The fraction of sp³-hybridized carbons (Fsp3) is 0.846. The molecule has 1 aliphatic carbocycles. The van der Waals surface area contributed by atoms with Crippen LogP contribution < -0.4 is 0 Å². The van der Waals surface area contributed by atoms with E-state index in [4.69, 9.17) is 18.9 Å². The molecule has 2 aliphatic rings. The highest BCUT2D eigenvalue weighted by molar-refractivity contribution is 5.80. The monoisotopic (exact) mass is 272 g/mol. The van der Waals surface area contributed by atoms with E-state index < -0.39 is 17.2 Å². The van der Waals surface area contributed by atoms with E-state index in [0.29, 0.717) is 26.1 Å². The van der Waals surface area contributed by atoms with E-state index in [1.54, 1.807) is 6.92 Å². The lowest BCUT2D eigenvalue weighted by Crippen LogP contribution is -2.52. The molecule has 0 amide bonds. The van der Waals surface area contributed by atoms with Gasteiger partial charge < -0.3 is 18.9 Å². The molecule has 0 radical (unpaired) electrons. The maximum atomic E-state index is 12.2. The highest BCUT2D eigenvalue weighted by Gasteiger charge is 2.66. The van der Waals surface area contributed by atoms with Crippen LogP contribution in [0, 0.1) is 11.3 Å². The molecule has 2 rings (SSSR count). The molecule has 0 aromatic carbocycles. The first kappa shape index (κ1) is 14.3. The van der Waals surface area contributed by atoms with E-state index in [1.807, 2.05) is 0 Å². The van der Waals surface area contributed by atoms with Crippen LogP contribution in [-0.4, -0.2) is 45.2 Å². The third-order valence-electron chi connectivity index (χ3n) is 4.43. The Morgan fingerprint density at radius 2 is 1.84 bits per heavy atom. The van der Waals surface area contributed by atoms with E-state index in [2.05, 4.69) is 0 Å². The summed E-state index contributed by atoms with van der Waals surface area (Å²) in [5.41, 5.74) is -0.980. The third kappa shape index (κ3) is 2.03. The van der Waals surface area contributed by atoms with Gasteiger partial charge in [-0.05, 0) is 19.3 Å². The molecule has 1 spiro atoms. The van der Waals surface area contributed by atoms with Crippen LogP contribution in [-0.2, 0) is 28.5 Å². The number of hydrogen-bond acceptors (Lipinski definition) is 6. The second-order valence-corrected chi connectivity index (χ2v) is 5.16. The zero-order chi connectivity index (χ0) is 14.1. The van der Waals surface area contributed by atoms with E-state index in [1.165, 1.54) is 14.2 Å². The highest BCUT2D eigenvalue weighted by Crippen LogP contribution is 2.56. The Bertz CT molecular complexity index is 373. The van der Waals surface area contributed by atoms with Crippen molar-refractivity contribution in [1.82, 2.24) is 0 Å². The van der Waals surface area contributed by atoms with Gasteiger partial charge in [-0.25, -0.2) is 0 Å². The number of carbonyl (C=O) groups is 2. The molecule has 2 atom stereocenters. The quantitative estimate of drug-likeness (QED) is 0.710. The molecule has 0 N–H and O–H groups in total. The smallest absolute Gasteiger partial charge is 0.317 e. The molecule has 0 bridgehead atoms. The third-order valence-corrected chi connectivity index (χ3v) is 4.43. The number of esters is 2. The first-order valence-corrected chi connectivity index (χ1v) is 6.43. The van der Waals surface area contributed by atoms with Crippen LogP contribution in [0.15, 0.2) is 0 Å². The van der Waals surface area contributed by atoms with Gasteiger partial charge in [-0.3, -0.25) is 9.59 Å². The number of ether oxygens (including phenoxy) is 4. The van der Waals surface area contributed by atoms with Crippen LogP contribution in [0.1, 0.15) is 26.2 Å². The Labute approximate surface area is 112 Å². The molecule has 108 valence electrons. The van der Waals surface area contributed by atoms with Crippen molar-refractivity contribution in [3.05, 3.63) is 0 Å². The predicted molar refractivity (Wildman–Crippen MR) is 64.1 cm³/mol. The SMILES string of the molecule is COC(=O)C[C@@H]1CCC2(OCCO2)[C@]1(C)C(=O)OC. The van der Waals surface area contributed by atoms with Crippen LogP contribution in [0.4, 0.5) is 0 Å². The van der Waals surface area contributed by atoms with Crippen LogP contribution in [0.5, 0.6) is 0 Å². The Balaban J connectivity index is 2.30. The summed E-state index contributed by atoms with van der Waals surface area (Å²) in [6.45, 7) is 2.67. The zero-order valence-electron chi connectivity index (χ0n) is 11.6. The van der Waals surface area contributed by atoms with Gasteiger partial charge in [-0.2, -0.15) is 0 Å². The molecule has 0 aromatic heterocycles. The Kier molecular flexibility index (Phi) is 3.82. The summed E-state index contributed by atoms with van der Waals surface area (Å²) >= 11 is 0. The first-order chi connectivity index (χ1) is 9.00. The topological polar surface area (TPSA) is 71.1 Å². The van der Waals surface area contributed by atoms with Gasteiger partial charge in [0.2, 0.25) is 0 Å². The van der Waals surface area contributed by atoms with Crippen molar-refractivity contribution >= 4 is 11.9 Å². The summed E-state index contributed by atoms with van der Waals surface area (Å²) in [7, 11) is 2.68. The maximum absolute atomic E-state index is 12.2. The summed E-state index contributed by atoms with van der Waals surface area (Å²) in [6.07, 6.45) is 1.41. The second-order valence-electron chi connectivity index (χ2n) is 5.16. The summed E-state index contributed by atoms with van der Waals surface area (Å²) in [5.74, 6) is -1.90. The van der Waals surface area contributed by atoms with Gasteiger partial charge in [-0.1, -0.05) is 0 Å². The summed E-state index contributed by atoms with van der Waals surface area (Å²) in [4.78, 5) is 23.8. The van der Waals surface area contributed by atoms with Crippen LogP contribution >= 0.6 is 0 Å². The van der Waals surface area contributed by atoms with Gasteiger partial charge in [0.25, 0.3) is 0 Å². The molecule has 6 nitrogen and oxygen atoms in total. The molecule has 19 heavy (non-hydrogen) atoms. The zero-order valence-corrected chi connectivity index (χ0v) is 11.6. The van der Waals surface area contributed by atoms with Crippen molar-refractivity contribution in [3.8, 4) is 0 Å². The van der Waals surface area contributed by atoms with Crippen LogP contribution in [0.3, 0.4) is 0 Å². The largest absolute Gasteiger partial charge is 0.469 e. The molecule has 2 fully saturated rings. The minimum Gasteiger partial charge on any atom is -0.469 e. The Hall–Kier alpha value is -1.14. The normalized spacial score (nSPS) is 32.5. The minimum absolute atomic E-state index is 0.163. The molecule has 0 aromatic rings. The number of methoxy groups -OCH3 is 2. The molecule has 1 heterocycles. The molecule has 1 saturated carbocycles. The van der Waals surface area contributed by atoms with Gasteiger partial charge >= 0.3 is 11.9 Å². The minimum atomic E-state index is -0.980. The molecule has 1 saturated heterocycles. The van der Waals surface area contributed by atoms with Gasteiger partial charge in [0.1, 0.15) is 5.41 Å². The first-order valence-electron chi connectivity index (χ1n) is 6.43. The van der Waals surface area contributed by atoms with E-state index in [-0.39, 0.29) is 18.3 Å². The lowest BCUT2D eigenvalue weighted by molar-refractivity contribution is -0.233. The lowest BCUT2D eigenvalue weighted by atomic mass is 9.74. The van der Waals surface area contributed by atoms with Crippen molar-refractivity contribution in [2.45, 2.75) is 32.0 Å². The van der Waals surface area contributed by atoms with Crippen molar-refractivity contribution in [2.24, 2.45) is 11.3 Å². The molecule has 0 unspecified atom stereocenters. The van der Waals surface area contributed by atoms with E-state index >= 15 is 0 Å². The maximum Gasteiger partial charge on any atom is 0.317 e. The molecular formula is C13H20O6. The van der Waals surface area contributed by atoms with Crippen molar-refractivity contribution in [2.75, 3.05) is 27.4 Å². The Morgan fingerprint density at radius 3 is 2.37 bits per heavy atom. The standard InChI is InChI=1S/C13H20O6/c1-12(11(15)17-3)9(8-10(14)16-2)4-5-13(12)18-6-7-19-13/h9H,4-8H2,1-3H3/t9-,12-/m0/s1. The number of hydrogen-bond donors (Lipinski definition) is 0. The van der Waals surface area contributed by atoms with Crippen LogP contribution in [0.25, 0.3) is 0 Å². The van der Waals surface area contributed by atoms with Crippen molar-refractivity contribution < 1.29 is 28.5 Å². The van der Waals surface area contributed by atoms with Gasteiger partial charge in [0.05, 0.1) is 27.4 Å². The van der Waals surface area contributed by atoms with Crippen molar-refractivity contribution in [1.29, 1.82) is 0 Å². The summed E-state index contributed by atoms with van der Waals surface area (Å²) in [6, 6.07) is 0. The van der Waals surface area contributed by atoms with Gasteiger partial charge in [-0.15, -0.1) is 0 Å².